The van der Waals surface area contributed by atoms with Crippen molar-refractivity contribution in [3.8, 4) is 0 Å². The average molecular weight is 1340 g/mol. The van der Waals surface area contributed by atoms with Crippen molar-refractivity contribution in [2.24, 2.45) is 0 Å². The van der Waals surface area contributed by atoms with Crippen LogP contribution in [0.15, 0.2) is 24.3 Å². The van der Waals surface area contributed by atoms with E-state index in [4.69, 9.17) is 37.0 Å². The zero-order chi connectivity index (χ0) is 66.8. The second kappa shape index (κ2) is 66.2. The van der Waals surface area contributed by atoms with E-state index in [1.165, 1.54) is 173 Å². The highest BCUT2D eigenvalue weighted by Gasteiger charge is 2.30. The highest BCUT2D eigenvalue weighted by molar-refractivity contribution is 7.47. The second-order valence-corrected chi connectivity index (χ2v) is 28.2. The molecule has 0 rings (SSSR count). The van der Waals surface area contributed by atoms with Crippen LogP contribution >= 0.6 is 15.6 Å². The third-order valence-corrected chi connectivity index (χ3v) is 18.1. The largest absolute Gasteiger partial charge is 0.472 e. The van der Waals surface area contributed by atoms with E-state index in [0.717, 1.165) is 103 Å². The van der Waals surface area contributed by atoms with Crippen LogP contribution in [-0.4, -0.2) is 96.7 Å². The number of hydrogen-bond donors (Lipinski definition) is 3. The molecule has 0 spiro atoms. The van der Waals surface area contributed by atoms with Crippen LogP contribution in [0.5, 0.6) is 0 Å². The molecule has 536 valence electrons. The van der Waals surface area contributed by atoms with Gasteiger partial charge in [-0.1, -0.05) is 302 Å². The van der Waals surface area contributed by atoms with Crippen LogP contribution in [0.2, 0.25) is 0 Å². The van der Waals surface area contributed by atoms with E-state index < -0.39 is 97.5 Å². The minimum absolute atomic E-state index is 0.0859. The summed E-state index contributed by atoms with van der Waals surface area (Å²) in [7, 11) is -9.91. The molecule has 0 heterocycles. The average Bonchev–Trinajstić information content (AvgIpc) is 3.74. The van der Waals surface area contributed by atoms with Crippen molar-refractivity contribution < 1.29 is 80.2 Å². The number of aliphatic hydroxyl groups excluding tert-OH is 1. The predicted molar refractivity (Wildman–Crippen MR) is 368 cm³/mol. The van der Waals surface area contributed by atoms with Crippen molar-refractivity contribution in [2.75, 3.05) is 39.6 Å². The number of esters is 4. The predicted octanol–water partition coefficient (Wildman–Crippen LogP) is 20.6. The summed E-state index contributed by atoms with van der Waals surface area (Å²) in [4.78, 5) is 72.6. The number of carbonyl (C=O) groups excluding carboxylic acids is 4. The zero-order valence-electron chi connectivity index (χ0n) is 58.3. The lowest BCUT2D eigenvalue weighted by atomic mass is 10.0. The van der Waals surface area contributed by atoms with Crippen LogP contribution in [-0.2, 0) is 65.4 Å². The first-order valence-corrected chi connectivity index (χ1v) is 40.1. The Bertz CT molecular complexity index is 1830. The molecule has 0 bridgehead atoms. The number of unbranched alkanes of at least 4 members (excludes halogenated alkanes) is 42. The van der Waals surface area contributed by atoms with Crippen molar-refractivity contribution >= 4 is 39.5 Å². The molecule has 0 amide bonds. The standard InChI is InChI=1S/C72H136O17P2/c1-5-9-13-17-21-25-29-32-33-35-39-43-47-51-55-59-72(77)89-68(63-83-70(75)57-53-49-45-41-38-34-30-26-22-18-14-10-6-2)65-87-91(80,81)85-61-66(73)60-84-90(78,79)86-64-67(62-82-69(74)56-52-48-44-40-36-28-24-20-16-12-8-4)88-71(76)58-54-50-46-42-37-31-27-23-19-15-11-7-3/h25,29,32-33,66-68,73H,5-24,26-28,30-31,34-65H2,1-4H3,(H,78,79)(H,80,81)/b29-25-,33-32-/t66-,67+,68+/m0/s1. The summed E-state index contributed by atoms with van der Waals surface area (Å²) >= 11 is 0. The molecule has 0 aliphatic heterocycles. The minimum Gasteiger partial charge on any atom is -0.462 e. The van der Waals surface area contributed by atoms with Gasteiger partial charge in [0.25, 0.3) is 0 Å². The van der Waals surface area contributed by atoms with Crippen LogP contribution in [0.3, 0.4) is 0 Å². The van der Waals surface area contributed by atoms with E-state index in [1.807, 2.05) is 0 Å². The summed E-state index contributed by atoms with van der Waals surface area (Å²) in [6.45, 7) is 4.89. The zero-order valence-corrected chi connectivity index (χ0v) is 60.1. The first-order valence-electron chi connectivity index (χ1n) is 37.1. The van der Waals surface area contributed by atoms with Crippen LogP contribution in [0.1, 0.15) is 355 Å². The summed E-state index contributed by atoms with van der Waals surface area (Å²) < 4.78 is 68.3. The molecule has 0 fully saturated rings. The second-order valence-electron chi connectivity index (χ2n) is 25.3. The Labute approximate surface area is 554 Å². The van der Waals surface area contributed by atoms with Gasteiger partial charge >= 0.3 is 39.5 Å². The molecule has 2 unspecified atom stereocenters. The van der Waals surface area contributed by atoms with Gasteiger partial charge in [0.1, 0.15) is 19.3 Å². The topological polar surface area (TPSA) is 237 Å². The van der Waals surface area contributed by atoms with Crippen LogP contribution < -0.4 is 0 Å². The normalized spacial score (nSPS) is 14.1. The van der Waals surface area contributed by atoms with Crippen LogP contribution in [0, 0.1) is 0 Å². The van der Waals surface area contributed by atoms with Crippen molar-refractivity contribution in [1.29, 1.82) is 0 Å². The van der Waals surface area contributed by atoms with Crippen LogP contribution in [0.25, 0.3) is 0 Å². The number of phosphoric ester groups is 2. The summed E-state index contributed by atoms with van der Waals surface area (Å²) in [6.07, 6.45) is 57.4. The molecular formula is C72H136O17P2. The van der Waals surface area contributed by atoms with Gasteiger partial charge in [-0.2, -0.15) is 0 Å². The van der Waals surface area contributed by atoms with Gasteiger partial charge in [-0.05, 0) is 51.4 Å². The van der Waals surface area contributed by atoms with E-state index in [1.54, 1.807) is 0 Å². The highest BCUT2D eigenvalue weighted by Crippen LogP contribution is 2.45. The molecule has 0 aromatic heterocycles. The summed E-state index contributed by atoms with van der Waals surface area (Å²) in [5, 5.41) is 10.6. The highest BCUT2D eigenvalue weighted by atomic mass is 31.2. The number of carbonyl (C=O) groups is 4. The molecular weight excluding hydrogens is 1200 g/mol. The van der Waals surface area contributed by atoms with Gasteiger partial charge in [-0.25, -0.2) is 9.13 Å². The number of phosphoric acid groups is 2. The Hall–Kier alpha value is -2.46. The fraction of sp³-hybridized carbons (Fsp3) is 0.889. The number of allylic oxidation sites excluding steroid dienone is 4. The fourth-order valence-corrected chi connectivity index (χ4v) is 12.1. The van der Waals surface area contributed by atoms with Crippen molar-refractivity contribution in [1.82, 2.24) is 0 Å². The maximum atomic E-state index is 13.0. The van der Waals surface area contributed by atoms with Gasteiger partial charge < -0.3 is 33.8 Å². The molecule has 3 N–H and O–H groups in total. The summed E-state index contributed by atoms with van der Waals surface area (Å²) in [5.41, 5.74) is 0. The van der Waals surface area contributed by atoms with Gasteiger partial charge in [0.05, 0.1) is 26.4 Å². The van der Waals surface area contributed by atoms with Gasteiger partial charge in [-0.3, -0.25) is 37.3 Å². The molecule has 0 saturated carbocycles. The lowest BCUT2D eigenvalue weighted by Gasteiger charge is -2.21. The molecule has 0 radical (unpaired) electrons. The quantitative estimate of drug-likeness (QED) is 0.0169. The number of aliphatic hydroxyl groups is 1. The smallest absolute Gasteiger partial charge is 0.462 e. The van der Waals surface area contributed by atoms with E-state index in [0.29, 0.717) is 25.7 Å². The number of ether oxygens (including phenoxy) is 4. The van der Waals surface area contributed by atoms with Gasteiger partial charge in [0.15, 0.2) is 12.2 Å². The Morgan fingerprint density at radius 1 is 0.308 bits per heavy atom. The van der Waals surface area contributed by atoms with E-state index >= 15 is 0 Å². The number of rotatable bonds is 71. The Kier molecular flexibility index (Phi) is 64.4. The molecule has 91 heavy (non-hydrogen) atoms. The summed E-state index contributed by atoms with van der Waals surface area (Å²) in [6, 6.07) is 0. The van der Waals surface area contributed by atoms with Gasteiger partial charge in [-0.15, -0.1) is 0 Å². The molecule has 0 saturated heterocycles. The van der Waals surface area contributed by atoms with Crippen LogP contribution in [0.4, 0.5) is 0 Å². The van der Waals surface area contributed by atoms with E-state index in [9.17, 15) is 43.2 Å². The molecule has 0 aliphatic rings. The monoisotopic (exact) mass is 1330 g/mol. The first-order chi connectivity index (χ1) is 44.2. The van der Waals surface area contributed by atoms with E-state index in [-0.39, 0.29) is 25.7 Å². The van der Waals surface area contributed by atoms with E-state index in [2.05, 4.69) is 52.0 Å². The van der Waals surface area contributed by atoms with Crippen molar-refractivity contribution in [3.05, 3.63) is 24.3 Å². The minimum atomic E-state index is -4.96. The van der Waals surface area contributed by atoms with Gasteiger partial charge in [0, 0.05) is 25.7 Å². The lowest BCUT2D eigenvalue weighted by Crippen LogP contribution is -2.30. The maximum Gasteiger partial charge on any atom is 0.472 e. The first kappa shape index (κ1) is 88.5. The Morgan fingerprint density at radius 2 is 0.527 bits per heavy atom. The summed E-state index contributed by atoms with van der Waals surface area (Å²) in [5.74, 6) is -2.15. The molecule has 0 aromatic carbocycles. The Balaban J connectivity index is 5.29. The molecule has 19 heteroatoms. The molecule has 5 atom stereocenters. The molecule has 17 nitrogen and oxygen atoms in total. The van der Waals surface area contributed by atoms with Gasteiger partial charge in [0.2, 0.25) is 0 Å². The molecule has 0 aromatic rings. The maximum absolute atomic E-state index is 13.0. The molecule has 0 aliphatic carbocycles. The fourth-order valence-electron chi connectivity index (χ4n) is 10.5. The third kappa shape index (κ3) is 66.0. The number of hydrogen-bond acceptors (Lipinski definition) is 15. The van der Waals surface area contributed by atoms with Crippen molar-refractivity contribution in [3.63, 3.8) is 0 Å². The SMILES string of the molecule is CCCCCC/C=C\C=C/CCCCCCCC(=O)O[C@H](COC(=O)CCCCCCCCCCCCCCC)COP(=O)(O)OC[C@@H](O)COP(=O)(O)OC[C@@H](COC(=O)CCCCCCCCCCCCC)OC(=O)CCCCCCCCCCCCCC. The third-order valence-electron chi connectivity index (χ3n) is 16.2. The Morgan fingerprint density at radius 3 is 0.802 bits per heavy atom. The van der Waals surface area contributed by atoms with Crippen molar-refractivity contribution in [2.45, 2.75) is 373 Å². The lowest BCUT2D eigenvalue weighted by molar-refractivity contribution is -0.161.